The minimum Gasteiger partial charge on any atom is -0.330 e. The minimum absolute atomic E-state index is 0.249. The fourth-order valence-electron chi connectivity index (χ4n) is 0.663. The van der Waals surface area contributed by atoms with Gasteiger partial charge in [-0.05, 0) is 26.4 Å². The zero-order chi connectivity index (χ0) is 7.11. The predicted molar refractivity (Wildman–Crippen MR) is 41.9 cm³/mol. The van der Waals surface area contributed by atoms with Gasteiger partial charge in [-0.3, -0.25) is 0 Å². The quantitative estimate of drug-likeness (QED) is 0.562. The lowest BCUT2D eigenvalue weighted by Crippen LogP contribution is -2.19. The summed E-state index contributed by atoms with van der Waals surface area (Å²) >= 11 is 5.84. The Hall–Kier alpha value is 0.210. The van der Waals surface area contributed by atoms with E-state index in [4.69, 9.17) is 17.3 Å². The lowest BCUT2D eigenvalue weighted by Gasteiger charge is -2.05. The Morgan fingerprint density at radius 2 is 2.33 bits per heavy atom. The number of rotatable bonds is 5. The second-order valence-electron chi connectivity index (χ2n) is 2.09. The highest BCUT2D eigenvalue weighted by Crippen LogP contribution is 2.01. The van der Waals surface area contributed by atoms with Crippen LogP contribution in [0, 0.1) is 0 Å². The molecule has 1 atom stereocenters. The van der Waals surface area contributed by atoms with Crippen molar-refractivity contribution >= 4 is 11.6 Å². The SMILES string of the molecule is CNCC(Cl)CCCN. The molecule has 0 aromatic heterocycles. The van der Waals surface area contributed by atoms with Gasteiger partial charge in [0.05, 0.1) is 0 Å². The van der Waals surface area contributed by atoms with E-state index in [1.165, 1.54) is 0 Å². The molecule has 9 heavy (non-hydrogen) atoms. The Balaban J connectivity index is 2.95. The molecule has 0 aliphatic heterocycles. The Morgan fingerprint density at radius 3 is 2.78 bits per heavy atom. The number of halogens is 1. The molecule has 0 aromatic rings. The maximum Gasteiger partial charge on any atom is 0.0461 e. The van der Waals surface area contributed by atoms with Gasteiger partial charge in [0.25, 0.3) is 0 Å². The normalized spacial score (nSPS) is 13.7. The molecule has 0 saturated heterocycles. The maximum atomic E-state index is 5.84. The number of nitrogens with two attached hydrogens (primary N) is 1. The highest BCUT2D eigenvalue weighted by atomic mass is 35.5. The predicted octanol–water partition coefficient (Wildman–Crippen LogP) is 0.552. The average molecular weight is 151 g/mol. The molecule has 0 aromatic carbocycles. The number of nitrogens with one attached hydrogen (secondary N) is 1. The average Bonchev–Trinajstić information content (AvgIpc) is 1.85. The van der Waals surface area contributed by atoms with Gasteiger partial charge in [0.2, 0.25) is 0 Å². The van der Waals surface area contributed by atoms with Crippen LogP contribution in [0.1, 0.15) is 12.8 Å². The van der Waals surface area contributed by atoms with Crippen molar-refractivity contribution in [3.05, 3.63) is 0 Å². The second-order valence-corrected chi connectivity index (χ2v) is 2.70. The van der Waals surface area contributed by atoms with Crippen LogP contribution in [0.3, 0.4) is 0 Å². The van der Waals surface area contributed by atoms with Gasteiger partial charge in [-0.2, -0.15) is 0 Å². The number of hydrogen-bond donors (Lipinski definition) is 2. The van der Waals surface area contributed by atoms with Gasteiger partial charge in [-0.1, -0.05) is 0 Å². The zero-order valence-electron chi connectivity index (χ0n) is 5.86. The third kappa shape index (κ3) is 6.09. The molecule has 0 amide bonds. The smallest absolute Gasteiger partial charge is 0.0461 e. The first kappa shape index (κ1) is 9.21. The van der Waals surface area contributed by atoms with Crippen molar-refractivity contribution in [3.63, 3.8) is 0 Å². The molecule has 0 fully saturated rings. The first-order valence-corrected chi connectivity index (χ1v) is 3.73. The summed E-state index contributed by atoms with van der Waals surface area (Å²) in [5, 5.41) is 3.25. The highest BCUT2D eigenvalue weighted by Gasteiger charge is 1.99. The van der Waals surface area contributed by atoms with E-state index in [-0.39, 0.29) is 5.38 Å². The van der Waals surface area contributed by atoms with E-state index in [9.17, 15) is 0 Å². The largest absolute Gasteiger partial charge is 0.330 e. The maximum absolute atomic E-state index is 5.84. The van der Waals surface area contributed by atoms with Gasteiger partial charge in [-0.25, -0.2) is 0 Å². The van der Waals surface area contributed by atoms with Crippen LogP contribution in [0.25, 0.3) is 0 Å². The van der Waals surface area contributed by atoms with Crippen molar-refractivity contribution < 1.29 is 0 Å². The van der Waals surface area contributed by atoms with E-state index in [1.807, 2.05) is 7.05 Å². The third-order valence-electron chi connectivity index (χ3n) is 1.15. The Kier molecular flexibility index (Phi) is 6.48. The summed E-state index contributed by atoms with van der Waals surface area (Å²) in [5.74, 6) is 0. The van der Waals surface area contributed by atoms with Crippen molar-refractivity contribution in [3.8, 4) is 0 Å². The van der Waals surface area contributed by atoms with Crippen LogP contribution in [0.15, 0.2) is 0 Å². The number of hydrogen-bond acceptors (Lipinski definition) is 2. The molecule has 0 aliphatic rings. The van der Waals surface area contributed by atoms with Crippen LogP contribution in [0.4, 0.5) is 0 Å². The highest BCUT2D eigenvalue weighted by molar-refractivity contribution is 6.20. The van der Waals surface area contributed by atoms with Gasteiger partial charge in [0.1, 0.15) is 0 Å². The van der Waals surface area contributed by atoms with Crippen molar-refractivity contribution in [1.29, 1.82) is 0 Å². The van der Waals surface area contributed by atoms with Gasteiger partial charge in [0, 0.05) is 11.9 Å². The molecule has 0 heterocycles. The van der Waals surface area contributed by atoms with Crippen LogP contribution < -0.4 is 11.1 Å². The molecule has 3 N–H and O–H groups in total. The molecule has 2 nitrogen and oxygen atoms in total. The summed E-state index contributed by atoms with van der Waals surface area (Å²) in [6.45, 7) is 1.62. The van der Waals surface area contributed by atoms with Gasteiger partial charge in [0.15, 0.2) is 0 Å². The van der Waals surface area contributed by atoms with Crippen LogP contribution in [-0.2, 0) is 0 Å². The number of alkyl halides is 1. The Bertz CT molecular complexity index is 59.0. The second kappa shape index (κ2) is 6.33. The monoisotopic (exact) mass is 150 g/mol. The van der Waals surface area contributed by atoms with E-state index >= 15 is 0 Å². The first-order chi connectivity index (χ1) is 4.31. The zero-order valence-corrected chi connectivity index (χ0v) is 6.62. The van der Waals surface area contributed by atoms with Crippen molar-refractivity contribution in [1.82, 2.24) is 5.32 Å². The molecule has 56 valence electrons. The lowest BCUT2D eigenvalue weighted by atomic mass is 10.2. The Labute approximate surface area is 61.8 Å². The van der Waals surface area contributed by atoms with Crippen LogP contribution in [-0.4, -0.2) is 25.5 Å². The van der Waals surface area contributed by atoms with Crippen LogP contribution in [0.5, 0.6) is 0 Å². The van der Waals surface area contributed by atoms with E-state index in [2.05, 4.69) is 5.32 Å². The minimum atomic E-state index is 0.249. The molecule has 0 aliphatic carbocycles. The van der Waals surface area contributed by atoms with Crippen molar-refractivity contribution in [2.75, 3.05) is 20.1 Å². The summed E-state index contributed by atoms with van der Waals surface area (Å²) in [7, 11) is 1.90. The topological polar surface area (TPSA) is 38.0 Å². The van der Waals surface area contributed by atoms with Crippen molar-refractivity contribution in [2.24, 2.45) is 5.73 Å². The fourth-order valence-corrected chi connectivity index (χ4v) is 0.971. The van der Waals surface area contributed by atoms with Gasteiger partial charge in [-0.15, -0.1) is 11.6 Å². The van der Waals surface area contributed by atoms with Crippen LogP contribution >= 0.6 is 11.6 Å². The Morgan fingerprint density at radius 1 is 1.67 bits per heavy atom. The molecule has 0 spiro atoms. The lowest BCUT2D eigenvalue weighted by molar-refractivity contribution is 0.656. The molecular formula is C6H15ClN2. The van der Waals surface area contributed by atoms with E-state index < -0.39 is 0 Å². The van der Waals surface area contributed by atoms with Crippen molar-refractivity contribution in [2.45, 2.75) is 18.2 Å². The van der Waals surface area contributed by atoms with E-state index in [0.29, 0.717) is 0 Å². The standard InChI is InChI=1S/C6H15ClN2/c1-9-5-6(7)3-2-4-8/h6,9H,2-5,8H2,1H3. The molecule has 3 heteroatoms. The summed E-state index contributed by atoms with van der Waals surface area (Å²) in [6.07, 6.45) is 2.04. The molecule has 0 saturated carbocycles. The molecule has 0 radical (unpaired) electrons. The third-order valence-corrected chi connectivity index (χ3v) is 1.52. The fraction of sp³-hybridized carbons (Fsp3) is 1.00. The first-order valence-electron chi connectivity index (χ1n) is 3.30. The summed E-state index contributed by atoms with van der Waals surface area (Å²) in [6, 6.07) is 0. The van der Waals surface area contributed by atoms with Crippen LogP contribution in [0.2, 0.25) is 0 Å². The van der Waals surface area contributed by atoms with Gasteiger partial charge < -0.3 is 11.1 Å². The van der Waals surface area contributed by atoms with E-state index in [0.717, 1.165) is 25.9 Å². The molecule has 0 bridgehead atoms. The molecule has 0 rings (SSSR count). The molecular weight excluding hydrogens is 136 g/mol. The summed E-state index contributed by atoms with van der Waals surface area (Å²) < 4.78 is 0. The molecule has 1 unspecified atom stereocenters. The van der Waals surface area contributed by atoms with Gasteiger partial charge >= 0.3 is 0 Å². The summed E-state index contributed by atoms with van der Waals surface area (Å²) in [4.78, 5) is 0. The van der Waals surface area contributed by atoms with E-state index in [1.54, 1.807) is 0 Å². The summed E-state index contributed by atoms with van der Waals surface area (Å²) in [5.41, 5.74) is 5.29.